The van der Waals surface area contributed by atoms with Crippen LogP contribution in [0.1, 0.15) is 172 Å². The lowest BCUT2D eigenvalue weighted by molar-refractivity contribution is -0.968. The monoisotopic (exact) mass is 1930 g/mol. The normalized spacial score (nSPS) is 30.4. The number of benzene rings is 4. The van der Waals surface area contributed by atoms with Crippen molar-refractivity contribution >= 4 is 75.2 Å². The van der Waals surface area contributed by atoms with Crippen LogP contribution in [0.5, 0.6) is 5.75 Å². The molecule has 27 heteroatoms. The van der Waals surface area contributed by atoms with E-state index in [1.54, 1.807) is 12.1 Å². The molecule has 1 saturated carbocycles. The van der Waals surface area contributed by atoms with Gasteiger partial charge in [-0.3, -0.25) is 9.59 Å². The maximum absolute atomic E-state index is 13.4. The minimum atomic E-state index is -1.73. The molecular formula is C108H151N5O18S4. The Morgan fingerprint density at radius 1 is 0.452 bits per heavy atom. The number of hydrogen-bond donors (Lipinski definition) is 5. The molecule has 0 amide bonds. The van der Waals surface area contributed by atoms with Crippen molar-refractivity contribution in [2.75, 3.05) is 108 Å². The van der Waals surface area contributed by atoms with Crippen molar-refractivity contribution in [1.82, 2.24) is 0 Å². The van der Waals surface area contributed by atoms with E-state index < -0.39 is 46.5 Å². The number of aliphatic hydroxyl groups excluding tert-OH is 2. The van der Waals surface area contributed by atoms with E-state index in [1.807, 2.05) is 179 Å². The van der Waals surface area contributed by atoms with E-state index in [1.165, 1.54) is 58.2 Å². The highest BCUT2D eigenvalue weighted by Gasteiger charge is 2.73. The molecule has 5 N–H and O–H groups in total. The number of nitrogens with zero attached hydrogens (tertiary/aromatic N) is 5. The van der Waals surface area contributed by atoms with E-state index in [4.69, 9.17) is 37.9 Å². The Hall–Kier alpha value is -7.65. The third kappa shape index (κ3) is 22.4. The highest BCUT2D eigenvalue weighted by Crippen LogP contribution is 2.55. The molecule has 135 heavy (non-hydrogen) atoms. The predicted octanol–water partition coefficient (Wildman–Crippen LogP) is 16.0. The van der Waals surface area contributed by atoms with Gasteiger partial charge in [-0.25, -0.2) is 14.4 Å². The van der Waals surface area contributed by atoms with Crippen molar-refractivity contribution in [3.8, 4) is 5.75 Å². The summed E-state index contributed by atoms with van der Waals surface area (Å²) in [5.41, 5.74) is -2.65. The molecule has 4 aromatic heterocycles. The smallest absolute Gasteiger partial charge is 0.349 e. The van der Waals surface area contributed by atoms with Crippen molar-refractivity contribution in [3.05, 3.63) is 265 Å². The van der Waals surface area contributed by atoms with E-state index >= 15 is 0 Å². The summed E-state index contributed by atoms with van der Waals surface area (Å²) in [4.78, 5) is 67.1. The Balaban J connectivity index is 0.000000162. The maximum atomic E-state index is 13.4. The predicted molar refractivity (Wildman–Crippen MR) is 532 cm³/mol. The molecule has 12 saturated heterocycles. The number of para-hydroxylation sites is 1. The summed E-state index contributed by atoms with van der Waals surface area (Å²) >= 11 is 5.51. The van der Waals surface area contributed by atoms with Crippen LogP contribution in [0.3, 0.4) is 0 Å². The number of likely N-dealkylation sites (tertiary alicyclic amines) is 1. The Labute approximate surface area is 819 Å². The number of ether oxygens (including phenoxy) is 8. The topological polar surface area (TPSA) is 267 Å². The van der Waals surface area contributed by atoms with Gasteiger partial charge in [0.05, 0.1) is 132 Å². The first-order valence-corrected chi connectivity index (χ1v) is 50.9. The van der Waals surface area contributed by atoms with Crippen LogP contribution in [-0.4, -0.2) is 283 Å². The van der Waals surface area contributed by atoms with E-state index in [0.717, 1.165) is 175 Å². The average molecular weight is 1940 g/mol. The van der Waals surface area contributed by atoms with Crippen molar-refractivity contribution in [3.63, 3.8) is 0 Å². The lowest BCUT2D eigenvalue weighted by Gasteiger charge is -2.52. The zero-order valence-electron chi connectivity index (χ0n) is 81.8. The van der Waals surface area contributed by atoms with Crippen molar-refractivity contribution < 1.29 is 110 Å². The molecule has 0 radical (unpaired) electrons. The summed E-state index contributed by atoms with van der Waals surface area (Å²) in [5.74, 6) is -2.08. The van der Waals surface area contributed by atoms with Crippen molar-refractivity contribution in [2.45, 2.75) is 249 Å². The first-order valence-electron chi connectivity index (χ1n) is 47.4. The molecule has 16 heterocycles. The number of epoxide rings is 2. The van der Waals surface area contributed by atoms with E-state index in [-0.39, 0.29) is 98.7 Å². The van der Waals surface area contributed by atoms with Gasteiger partial charge in [0.1, 0.15) is 97.6 Å². The molecule has 13 fully saturated rings. The maximum Gasteiger partial charge on any atom is 0.349 e. The minimum absolute atomic E-state index is 0. The number of carbonyl (C=O) groups excluding carboxylic acids is 5. The Kier molecular flexibility index (Phi) is 36.2. The number of aliphatic hydroxyl groups is 5. The van der Waals surface area contributed by atoms with E-state index in [9.17, 15) is 49.5 Å². The first kappa shape index (κ1) is 108. The van der Waals surface area contributed by atoms with Gasteiger partial charge in [-0.2, -0.15) is 0 Å². The van der Waals surface area contributed by atoms with Crippen LogP contribution < -0.4 is 4.74 Å². The van der Waals surface area contributed by atoms with Crippen LogP contribution in [0.4, 0.5) is 0 Å². The molecule has 4 aromatic carbocycles. The highest BCUT2D eigenvalue weighted by molar-refractivity contribution is 7.12. The largest absolute Gasteiger partial charge is 0.493 e. The van der Waals surface area contributed by atoms with Gasteiger partial charge < -0.3 is 123 Å². The fraction of sp³-hybridized carbons (Fsp3) is 0.537. The highest BCUT2D eigenvalue weighted by atomic mass is 32.1. The molecule has 13 aliphatic rings. The summed E-state index contributed by atoms with van der Waals surface area (Å²) in [6.45, 7) is 14.1. The molecule has 740 valence electrons. The number of esters is 5. The molecule has 23 nitrogen and oxygen atoms in total. The van der Waals surface area contributed by atoms with Gasteiger partial charge in [-0.1, -0.05) is 146 Å². The van der Waals surface area contributed by atoms with Crippen molar-refractivity contribution in [1.29, 1.82) is 0 Å². The van der Waals surface area contributed by atoms with Crippen LogP contribution in [0.25, 0.3) is 0 Å². The number of thiophene rings is 4. The van der Waals surface area contributed by atoms with Crippen LogP contribution in [0, 0.1) is 49.0 Å². The SMILES string of the molecule is CC(C)[N+]1(C)C2CC[C@@H]1CC(OC(=O)C(CO)c1ccccc1)C2.CC[N+]1(C)C2CC(OC(=O)[C@H](CO)c3ccccc3)C[C@H]1[C@H]1OC21.C[N+]1(C)C2CC(OC(=O)C(O)(c3cccs3)c3cccs3)CC1C1OC12.C[N+]1(C)CCC(OC(=O)C(O)(c2ccccc2)C2CCCC2)C1.O=C(O[C@H]1C[N+]2(CCCOc3ccccc3)CCC1CC2)C(O)(c1cccs1)c1cccs1.[CH3-].[CH3-].[CH3-].[CH3-].[CH3-]. The fourth-order valence-corrected chi connectivity index (χ4v) is 27.4. The van der Waals surface area contributed by atoms with Crippen LogP contribution in [0.15, 0.2) is 191 Å². The molecule has 19 atom stereocenters. The van der Waals surface area contributed by atoms with Gasteiger partial charge in [-0.05, 0) is 108 Å². The second kappa shape index (κ2) is 45.3. The van der Waals surface area contributed by atoms with Gasteiger partial charge in [0.25, 0.3) is 0 Å². The molecule has 12 aliphatic heterocycles. The molecule has 8 bridgehead atoms. The Morgan fingerprint density at radius 2 is 0.859 bits per heavy atom. The van der Waals surface area contributed by atoms with Crippen LogP contribution >= 0.6 is 45.3 Å². The third-order valence-electron chi connectivity index (χ3n) is 32.0. The number of morpholine rings is 2. The summed E-state index contributed by atoms with van der Waals surface area (Å²) in [7, 11) is 13.5. The number of carbonyl (C=O) groups is 5. The van der Waals surface area contributed by atoms with Gasteiger partial charge in [0, 0.05) is 88.9 Å². The quantitative estimate of drug-likeness (QED) is 0.00800. The Bertz CT molecular complexity index is 4900. The second-order valence-corrected chi connectivity index (χ2v) is 44.1. The summed E-state index contributed by atoms with van der Waals surface area (Å²) in [6.07, 6.45) is 16.4. The number of rotatable bonds is 27. The summed E-state index contributed by atoms with van der Waals surface area (Å²) in [6, 6.07) is 56.1. The molecular weight excluding hydrogens is 1780 g/mol. The second-order valence-electron chi connectivity index (χ2n) is 40.3. The number of hydrogen-bond acceptors (Lipinski definition) is 22. The van der Waals surface area contributed by atoms with Crippen molar-refractivity contribution in [2.24, 2.45) is 11.8 Å². The molecule has 21 rings (SSSR count). The van der Waals surface area contributed by atoms with Crippen LogP contribution in [0.2, 0.25) is 0 Å². The summed E-state index contributed by atoms with van der Waals surface area (Å²) < 4.78 is 51.9. The number of fused-ring (bicyclic) bond motifs is 15. The zero-order chi connectivity index (χ0) is 91.6. The average Bonchev–Trinajstić information content (AvgIpc) is 1.53. The van der Waals surface area contributed by atoms with Gasteiger partial charge in [0.2, 0.25) is 11.2 Å². The zero-order valence-corrected chi connectivity index (χ0v) is 85.1. The number of likely N-dealkylation sites (N-methyl/N-ethyl adjacent to an activating group) is 3. The van der Waals surface area contributed by atoms with Gasteiger partial charge >= 0.3 is 29.8 Å². The third-order valence-corrected chi connectivity index (χ3v) is 35.9. The van der Waals surface area contributed by atoms with Gasteiger partial charge in [0.15, 0.2) is 17.8 Å². The molecule has 0 spiro atoms. The molecule has 1 aliphatic carbocycles. The lowest BCUT2D eigenvalue weighted by atomic mass is 9.80. The van der Waals surface area contributed by atoms with Crippen LogP contribution in [-0.2, 0) is 73.9 Å². The standard InChI is InChI=1S/C26H30NO4S2.C20H30NO3.C19H22NO4S2.C19H26NO4.C19H28NO3.5CH3/c28-25(26(29,23-9-4-17-32-23)24-10-5-18-33-24)31-22-19-27(14-11-20(22)12-15-27)13-6-16-30-21-7-2-1-3-8-21;1-14(2)21(3)16-9-10-17(21)12-18(11-16)24-20(23)19(13-22)15-7-5-4-6-8-15;1-20(2)12-9-11(10-13(20)17-16(12)24-17)23-18(21)19(22,14-5-3-7-25-14)15-6-4-8-26-15;1-3-20(2)15-9-13(10-16(20)18-17(15)24-18)23-19(22)14(11-21)12-7-5-4-6-8-12;1-20(2)13-12-17(14-20)23-18(21)19(22,16-10-6-7-11-16)15-8-4-3-5-9-15;;;;;/h1-5,7-10,17-18,20,22,29H,6,11-16,19H2;4-8,14,16-19,22H,9-13H2,1-3H3;3-8,11-13,16-17,22H,9-10H2,1-2H3;4-8,13-18,21H,3,9-11H2,1-2H3;3-5,8-9,16-17,22H,6-7,10-14H2,1-2H3;5*1H3/q5*+1;5*-1/t20?,22-,27?;16-,17?,18?,19?,21?;;13?,14-,15+,16?,17-,18?,20?;;;;;;/m01.1....../s1. The molecule has 14 unspecified atom stereocenters. The molecule has 8 aromatic rings. The lowest BCUT2D eigenvalue weighted by Crippen LogP contribution is -2.65. The van der Waals surface area contributed by atoms with Gasteiger partial charge in [-0.15, -0.1) is 45.3 Å². The summed E-state index contributed by atoms with van der Waals surface area (Å²) in [5, 5.41) is 61.1. The van der Waals surface area contributed by atoms with E-state index in [2.05, 4.69) is 63.1 Å². The minimum Gasteiger partial charge on any atom is -0.493 e. The first-order chi connectivity index (χ1) is 62.5. The Morgan fingerprint density at radius 3 is 1.27 bits per heavy atom. The van der Waals surface area contributed by atoms with E-state index in [0.29, 0.717) is 104 Å². The number of piperidine rings is 6. The number of quaternary nitrogens is 5. The fourth-order valence-electron chi connectivity index (χ4n) is 23.9.